The topological polar surface area (TPSA) is 85.0 Å². The molecule has 0 unspecified atom stereocenters. The number of nitrogens with one attached hydrogen (secondary N) is 1. The molecule has 1 N–H and O–H groups in total. The SMILES string of the molecule is CCCn1ccc(NC(=O)c2c(C(=O)N3CCC3)cnn2C)n1. The molecule has 0 atom stereocenters. The average molecular weight is 316 g/mol. The number of nitrogens with zero attached hydrogens (tertiary/aromatic N) is 5. The lowest BCUT2D eigenvalue weighted by molar-refractivity contribution is 0.0648. The highest BCUT2D eigenvalue weighted by Gasteiger charge is 2.28. The van der Waals surface area contributed by atoms with Gasteiger partial charge in [-0.15, -0.1) is 0 Å². The van der Waals surface area contributed by atoms with Gasteiger partial charge in [-0.1, -0.05) is 6.92 Å². The van der Waals surface area contributed by atoms with E-state index in [0.717, 1.165) is 32.5 Å². The highest BCUT2D eigenvalue weighted by atomic mass is 16.2. The van der Waals surface area contributed by atoms with Crippen molar-refractivity contribution in [3.63, 3.8) is 0 Å². The molecule has 122 valence electrons. The first-order chi connectivity index (χ1) is 11.1. The van der Waals surface area contributed by atoms with Crippen molar-refractivity contribution in [3.8, 4) is 0 Å². The van der Waals surface area contributed by atoms with Crippen LogP contribution in [0, 0.1) is 0 Å². The van der Waals surface area contributed by atoms with E-state index in [9.17, 15) is 9.59 Å². The lowest BCUT2D eigenvalue weighted by Crippen LogP contribution is -2.42. The Balaban J connectivity index is 1.78. The van der Waals surface area contributed by atoms with Gasteiger partial charge in [-0.3, -0.25) is 19.0 Å². The van der Waals surface area contributed by atoms with Crippen LogP contribution in [-0.2, 0) is 13.6 Å². The third kappa shape index (κ3) is 2.96. The summed E-state index contributed by atoms with van der Waals surface area (Å²) in [4.78, 5) is 26.6. The van der Waals surface area contributed by atoms with Crippen LogP contribution in [0.3, 0.4) is 0 Å². The molecule has 2 aromatic rings. The number of anilines is 1. The Kier molecular flexibility index (Phi) is 4.14. The summed E-state index contributed by atoms with van der Waals surface area (Å²) >= 11 is 0. The van der Waals surface area contributed by atoms with Crippen molar-refractivity contribution >= 4 is 17.6 Å². The molecule has 0 bridgehead atoms. The second kappa shape index (κ2) is 6.23. The number of carbonyl (C=O) groups is 2. The van der Waals surface area contributed by atoms with Gasteiger partial charge in [0.2, 0.25) is 0 Å². The van der Waals surface area contributed by atoms with Gasteiger partial charge in [-0.25, -0.2) is 0 Å². The zero-order valence-corrected chi connectivity index (χ0v) is 13.3. The minimum absolute atomic E-state index is 0.147. The van der Waals surface area contributed by atoms with Gasteiger partial charge in [-0.2, -0.15) is 10.2 Å². The summed E-state index contributed by atoms with van der Waals surface area (Å²) in [5.41, 5.74) is 0.588. The van der Waals surface area contributed by atoms with Crippen LogP contribution in [0.15, 0.2) is 18.5 Å². The van der Waals surface area contributed by atoms with E-state index >= 15 is 0 Å². The van der Waals surface area contributed by atoms with Crippen molar-refractivity contribution < 1.29 is 9.59 Å². The molecule has 8 nitrogen and oxygen atoms in total. The standard InChI is InChI=1S/C15H20N6O2/c1-3-6-21-9-5-12(18-21)17-14(22)13-11(10-16-19(13)2)15(23)20-7-4-8-20/h5,9-10H,3-4,6-8H2,1-2H3,(H,17,18,22). The smallest absolute Gasteiger partial charge is 0.275 e. The molecule has 1 saturated heterocycles. The first kappa shape index (κ1) is 15.3. The lowest BCUT2D eigenvalue weighted by atomic mass is 10.1. The van der Waals surface area contributed by atoms with Crippen molar-refractivity contribution in [3.05, 3.63) is 29.7 Å². The summed E-state index contributed by atoms with van der Waals surface area (Å²) in [6.45, 7) is 4.32. The quantitative estimate of drug-likeness (QED) is 0.896. The van der Waals surface area contributed by atoms with Crippen LogP contribution < -0.4 is 5.32 Å². The Hall–Kier alpha value is -2.64. The molecule has 8 heteroatoms. The maximum atomic E-state index is 12.5. The maximum absolute atomic E-state index is 12.5. The van der Waals surface area contributed by atoms with Crippen molar-refractivity contribution in [1.82, 2.24) is 24.5 Å². The Bertz CT molecular complexity index is 728. The molecule has 23 heavy (non-hydrogen) atoms. The largest absolute Gasteiger partial charge is 0.338 e. The number of amides is 2. The normalized spacial score (nSPS) is 13.7. The van der Waals surface area contributed by atoms with E-state index in [2.05, 4.69) is 22.4 Å². The van der Waals surface area contributed by atoms with Gasteiger partial charge in [0.1, 0.15) is 5.69 Å². The van der Waals surface area contributed by atoms with Gasteiger partial charge in [0.25, 0.3) is 11.8 Å². The van der Waals surface area contributed by atoms with Gasteiger partial charge >= 0.3 is 0 Å². The van der Waals surface area contributed by atoms with E-state index in [1.165, 1.54) is 10.9 Å². The molecule has 1 aliphatic rings. The Labute approximate surface area is 134 Å². The van der Waals surface area contributed by atoms with Gasteiger partial charge in [0.05, 0.1) is 11.8 Å². The van der Waals surface area contributed by atoms with E-state index in [4.69, 9.17) is 0 Å². The maximum Gasteiger partial charge on any atom is 0.275 e. The predicted molar refractivity (Wildman–Crippen MR) is 84.2 cm³/mol. The third-order valence-corrected chi connectivity index (χ3v) is 3.86. The Morgan fingerprint density at radius 1 is 1.35 bits per heavy atom. The molecular weight excluding hydrogens is 296 g/mol. The van der Waals surface area contributed by atoms with E-state index in [1.807, 2.05) is 6.20 Å². The van der Waals surface area contributed by atoms with Crippen molar-refractivity contribution in [1.29, 1.82) is 0 Å². The van der Waals surface area contributed by atoms with Gasteiger partial charge in [0.15, 0.2) is 5.82 Å². The molecule has 0 aliphatic carbocycles. The number of hydrogen-bond donors (Lipinski definition) is 1. The minimum Gasteiger partial charge on any atom is -0.338 e. The number of carbonyl (C=O) groups excluding carboxylic acids is 2. The monoisotopic (exact) mass is 316 g/mol. The molecule has 1 fully saturated rings. The molecule has 0 spiro atoms. The zero-order chi connectivity index (χ0) is 16.4. The van der Waals surface area contributed by atoms with Crippen LogP contribution in [-0.4, -0.2) is 49.4 Å². The number of hydrogen-bond acceptors (Lipinski definition) is 4. The Morgan fingerprint density at radius 3 is 2.78 bits per heavy atom. The average Bonchev–Trinajstić information content (AvgIpc) is 3.04. The predicted octanol–water partition coefficient (Wildman–Crippen LogP) is 1.12. The summed E-state index contributed by atoms with van der Waals surface area (Å²) in [5.74, 6) is -0.0615. The molecular formula is C15H20N6O2. The summed E-state index contributed by atoms with van der Waals surface area (Å²) in [6, 6.07) is 1.74. The van der Waals surface area contributed by atoms with E-state index < -0.39 is 0 Å². The van der Waals surface area contributed by atoms with E-state index in [0.29, 0.717) is 11.4 Å². The molecule has 0 radical (unpaired) electrons. The van der Waals surface area contributed by atoms with Crippen LogP contribution in [0.2, 0.25) is 0 Å². The summed E-state index contributed by atoms with van der Waals surface area (Å²) < 4.78 is 3.19. The molecule has 2 aromatic heterocycles. The fourth-order valence-electron chi connectivity index (χ4n) is 2.51. The molecule has 0 aromatic carbocycles. The molecule has 0 saturated carbocycles. The number of aromatic nitrogens is 4. The lowest BCUT2D eigenvalue weighted by Gasteiger charge is -2.30. The van der Waals surface area contributed by atoms with Crippen molar-refractivity contribution in [2.24, 2.45) is 7.05 Å². The Morgan fingerprint density at radius 2 is 2.13 bits per heavy atom. The molecule has 1 aliphatic heterocycles. The summed E-state index contributed by atoms with van der Waals surface area (Å²) in [5, 5.41) is 11.1. The van der Waals surface area contributed by atoms with E-state index in [1.54, 1.807) is 22.7 Å². The van der Waals surface area contributed by atoms with Crippen molar-refractivity contribution in [2.45, 2.75) is 26.3 Å². The van der Waals surface area contributed by atoms with Crippen LogP contribution >= 0.6 is 0 Å². The van der Waals surface area contributed by atoms with Crippen LogP contribution in [0.1, 0.15) is 40.6 Å². The minimum atomic E-state index is -0.379. The second-order valence-electron chi connectivity index (χ2n) is 5.59. The van der Waals surface area contributed by atoms with Gasteiger partial charge in [-0.05, 0) is 12.8 Å². The molecule has 3 rings (SSSR count). The van der Waals surface area contributed by atoms with Gasteiger partial charge in [0, 0.05) is 38.9 Å². The van der Waals surface area contributed by atoms with Crippen LogP contribution in [0.25, 0.3) is 0 Å². The number of rotatable bonds is 5. The fourth-order valence-corrected chi connectivity index (χ4v) is 2.51. The first-order valence-corrected chi connectivity index (χ1v) is 7.76. The first-order valence-electron chi connectivity index (χ1n) is 7.76. The number of likely N-dealkylation sites (tertiary alicyclic amines) is 1. The van der Waals surface area contributed by atoms with Crippen LogP contribution in [0.5, 0.6) is 0 Å². The van der Waals surface area contributed by atoms with E-state index in [-0.39, 0.29) is 17.5 Å². The summed E-state index contributed by atoms with van der Waals surface area (Å²) in [7, 11) is 1.65. The summed E-state index contributed by atoms with van der Waals surface area (Å²) in [6.07, 6.45) is 5.23. The van der Waals surface area contributed by atoms with Crippen molar-refractivity contribution in [2.75, 3.05) is 18.4 Å². The second-order valence-corrected chi connectivity index (χ2v) is 5.59. The zero-order valence-electron chi connectivity index (χ0n) is 13.3. The van der Waals surface area contributed by atoms with Crippen LogP contribution in [0.4, 0.5) is 5.82 Å². The molecule has 3 heterocycles. The highest BCUT2D eigenvalue weighted by molar-refractivity contribution is 6.10. The molecule has 2 amide bonds. The fraction of sp³-hybridized carbons (Fsp3) is 0.467. The highest BCUT2D eigenvalue weighted by Crippen LogP contribution is 2.17. The number of aryl methyl sites for hydroxylation is 2. The third-order valence-electron chi connectivity index (χ3n) is 3.86. The van der Waals surface area contributed by atoms with Gasteiger partial charge < -0.3 is 10.2 Å².